The van der Waals surface area contributed by atoms with E-state index in [1.54, 1.807) is 18.2 Å². The Balaban J connectivity index is 0.00000280. The van der Waals surface area contributed by atoms with Crippen molar-refractivity contribution >= 4 is 28.3 Å². The van der Waals surface area contributed by atoms with E-state index in [9.17, 15) is 13.2 Å². The molecule has 0 radical (unpaired) electrons. The van der Waals surface area contributed by atoms with Gasteiger partial charge in [0.05, 0.1) is 17.1 Å². The number of sulfonamides is 1. The molecule has 4 unspecified atom stereocenters. The van der Waals surface area contributed by atoms with Crippen molar-refractivity contribution < 1.29 is 17.9 Å². The standard InChI is InChI=1S/C19H29N3O4S.ClH/c1-13-7-8-20-10-18(13)21-19(23)16-5-4-6-17(9-16)27(24,25)22-11-14(2)26-15(3)12-22;/h4-6,9,13-15,18,20H,7-8,10-12H2,1-3H3,(H,21,23);1H. The largest absolute Gasteiger partial charge is 0.373 e. The number of hydrogen-bond donors (Lipinski definition) is 2. The van der Waals surface area contributed by atoms with Crippen molar-refractivity contribution in [3.8, 4) is 0 Å². The zero-order valence-electron chi connectivity index (χ0n) is 16.6. The van der Waals surface area contributed by atoms with Gasteiger partial charge in [0.1, 0.15) is 0 Å². The molecule has 1 amide bonds. The van der Waals surface area contributed by atoms with E-state index in [1.165, 1.54) is 10.4 Å². The third-order valence-corrected chi connectivity index (χ3v) is 7.09. The van der Waals surface area contributed by atoms with Gasteiger partial charge in [-0.25, -0.2) is 8.42 Å². The molecule has 0 spiro atoms. The molecule has 0 aromatic heterocycles. The summed E-state index contributed by atoms with van der Waals surface area (Å²) in [5, 5.41) is 6.31. The van der Waals surface area contributed by atoms with Crippen LogP contribution in [-0.4, -0.2) is 63.1 Å². The summed E-state index contributed by atoms with van der Waals surface area (Å²) in [7, 11) is -3.67. The number of carbonyl (C=O) groups excluding carboxylic acids is 1. The number of amides is 1. The normalized spacial score (nSPS) is 29.0. The first-order chi connectivity index (χ1) is 12.8. The fourth-order valence-corrected chi connectivity index (χ4v) is 5.35. The number of ether oxygens (including phenoxy) is 1. The maximum atomic E-state index is 13.0. The Morgan fingerprint density at radius 2 is 1.89 bits per heavy atom. The van der Waals surface area contributed by atoms with E-state index < -0.39 is 10.0 Å². The van der Waals surface area contributed by atoms with Gasteiger partial charge in [-0.1, -0.05) is 13.0 Å². The number of nitrogens with one attached hydrogen (secondary N) is 2. The van der Waals surface area contributed by atoms with Crippen LogP contribution in [0.25, 0.3) is 0 Å². The van der Waals surface area contributed by atoms with Crippen LogP contribution in [0.5, 0.6) is 0 Å². The van der Waals surface area contributed by atoms with Crippen molar-refractivity contribution in [2.24, 2.45) is 5.92 Å². The summed E-state index contributed by atoms with van der Waals surface area (Å²) in [5.74, 6) is 0.148. The third kappa shape index (κ3) is 5.24. The van der Waals surface area contributed by atoms with E-state index in [-0.39, 0.29) is 41.5 Å². The first kappa shape index (κ1) is 23.1. The molecule has 2 heterocycles. The number of morpholine rings is 1. The van der Waals surface area contributed by atoms with Crippen LogP contribution in [0.15, 0.2) is 29.2 Å². The average Bonchev–Trinajstić information content (AvgIpc) is 2.63. The summed E-state index contributed by atoms with van der Waals surface area (Å²) in [4.78, 5) is 12.8. The Labute approximate surface area is 173 Å². The molecule has 0 saturated carbocycles. The van der Waals surface area contributed by atoms with Crippen molar-refractivity contribution in [1.29, 1.82) is 0 Å². The maximum Gasteiger partial charge on any atom is 0.251 e. The molecule has 4 atom stereocenters. The van der Waals surface area contributed by atoms with Gasteiger partial charge in [0, 0.05) is 31.2 Å². The summed E-state index contributed by atoms with van der Waals surface area (Å²) in [6.45, 7) is 8.16. The van der Waals surface area contributed by atoms with E-state index >= 15 is 0 Å². The first-order valence-electron chi connectivity index (χ1n) is 9.54. The second-order valence-corrected chi connectivity index (χ2v) is 9.60. The Morgan fingerprint density at radius 1 is 1.21 bits per heavy atom. The summed E-state index contributed by atoms with van der Waals surface area (Å²) < 4.78 is 33.1. The molecule has 2 fully saturated rings. The van der Waals surface area contributed by atoms with Gasteiger partial charge in [-0.3, -0.25) is 4.79 Å². The Kier molecular flexibility index (Phi) is 7.87. The predicted molar refractivity (Wildman–Crippen MR) is 110 cm³/mol. The van der Waals surface area contributed by atoms with Crippen LogP contribution >= 0.6 is 12.4 Å². The zero-order valence-corrected chi connectivity index (χ0v) is 18.2. The molecule has 2 N–H and O–H groups in total. The molecule has 1 aromatic rings. The fourth-order valence-electron chi connectivity index (χ4n) is 3.71. The van der Waals surface area contributed by atoms with Gasteiger partial charge in [-0.15, -0.1) is 12.4 Å². The highest BCUT2D eigenvalue weighted by Gasteiger charge is 2.32. The van der Waals surface area contributed by atoms with Gasteiger partial charge in [-0.2, -0.15) is 4.31 Å². The van der Waals surface area contributed by atoms with E-state index in [4.69, 9.17) is 4.74 Å². The zero-order chi connectivity index (χ0) is 19.6. The summed E-state index contributed by atoms with van der Waals surface area (Å²) >= 11 is 0. The minimum atomic E-state index is -3.67. The highest BCUT2D eigenvalue weighted by molar-refractivity contribution is 7.89. The third-order valence-electron chi connectivity index (χ3n) is 5.26. The Bertz CT molecular complexity index is 779. The van der Waals surface area contributed by atoms with Crippen molar-refractivity contribution in [3.63, 3.8) is 0 Å². The molecule has 2 saturated heterocycles. The molecular formula is C19H30ClN3O4S. The van der Waals surface area contributed by atoms with Gasteiger partial charge < -0.3 is 15.4 Å². The van der Waals surface area contributed by atoms with E-state index in [0.29, 0.717) is 24.6 Å². The average molecular weight is 432 g/mol. The lowest BCUT2D eigenvalue weighted by molar-refractivity contribution is -0.0440. The van der Waals surface area contributed by atoms with Gasteiger partial charge >= 0.3 is 0 Å². The number of benzene rings is 1. The number of piperidine rings is 1. The molecule has 3 rings (SSSR count). The molecule has 9 heteroatoms. The first-order valence-corrected chi connectivity index (χ1v) is 11.0. The van der Waals surface area contributed by atoms with Crippen LogP contribution in [-0.2, 0) is 14.8 Å². The molecule has 1 aromatic carbocycles. The summed E-state index contributed by atoms with van der Waals surface area (Å²) in [5.41, 5.74) is 0.364. The molecule has 28 heavy (non-hydrogen) atoms. The highest BCUT2D eigenvalue weighted by atomic mass is 35.5. The van der Waals surface area contributed by atoms with Gasteiger partial charge in [0.2, 0.25) is 10.0 Å². The molecule has 7 nitrogen and oxygen atoms in total. The van der Waals surface area contributed by atoms with Crippen molar-refractivity contribution in [2.45, 2.75) is 50.3 Å². The van der Waals surface area contributed by atoms with Crippen molar-refractivity contribution in [1.82, 2.24) is 14.9 Å². The van der Waals surface area contributed by atoms with Crippen LogP contribution in [0.4, 0.5) is 0 Å². The van der Waals surface area contributed by atoms with Crippen LogP contribution in [0.2, 0.25) is 0 Å². The van der Waals surface area contributed by atoms with Crippen molar-refractivity contribution in [3.05, 3.63) is 29.8 Å². The molecular weight excluding hydrogens is 402 g/mol. The Morgan fingerprint density at radius 3 is 2.54 bits per heavy atom. The van der Waals surface area contributed by atoms with Crippen LogP contribution in [0, 0.1) is 5.92 Å². The lowest BCUT2D eigenvalue weighted by Gasteiger charge is -2.34. The Hall–Kier alpha value is -1.19. The van der Waals surface area contributed by atoms with E-state index in [0.717, 1.165) is 19.5 Å². The quantitative estimate of drug-likeness (QED) is 0.756. The second kappa shape index (κ2) is 9.54. The van der Waals surface area contributed by atoms with Crippen LogP contribution in [0.3, 0.4) is 0 Å². The molecule has 158 valence electrons. The van der Waals surface area contributed by atoms with E-state index in [1.807, 2.05) is 13.8 Å². The smallest absolute Gasteiger partial charge is 0.251 e. The predicted octanol–water partition coefficient (Wildman–Crippen LogP) is 1.63. The monoisotopic (exact) mass is 431 g/mol. The fraction of sp³-hybridized carbons (Fsp3) is 0.632. The number of hydrogen-bond acceptors (Lipinski definition) is 5. The van der Waals surface area contributed by atoms with E-state index in [2.05, 4.69) is 17.6 Å². The topological polar surface area (TPSA) is 87.7 Å². The minimum absolute atomic E-state index is 0. The van der Waals surface area contributed by atoms with Gasteiger partial charge in [0.15, 0.2) is 0 Å². The molecule has 2 aliphatic heterocycles. The number of rotatable bonds is 4. The lowest BCUT2D eigenvalue weighted by atomic mass is 9.94. The molecule has 0 aliphatic carbocycles. The minimum Gasteiger partial charge on any atom is -0.373 e. The number of halogens is 1. The molecule has 2 aliphatic rings. The van der Waals surface area contributed by atoms with Crippen molar-refractivity contribution in [2.75, 3.05) is 26.2 Å². The van der Waals surface area contributed by atoms with Crippen LogP contribution < -0.4 is 10.6 Å². The summed E-state index contributed by atoms with van der Waals surface area (Å²) in [6, 6.07) is 6.34. The van der Waals surface area contributed by atoms with Gasteiger partial charge in [0.25, 0.3) is 5.91 Å². The maximum absolute atomic E-state index is 13.0. The van der Waals surface area contributed by atoms with Crippen LogP contribution in [0.1, 0.15) is 37.6 Å². The summed E-state index contributed by atoms with van der Waals surface area (Å²) in [6.07, 6.45) is 0.692. The number of carbonyl (C=O) groups is 1. The SMILES string of the molecule is CC1CN(S(=O)(=O)c2cccc(C(=O)NC3CNCCC3C)c2)CC(C)O1.Cl. The highest BCUT2D eigenvalue weighted by Crippen LogP contribution is 2.22. The molecule has 0 bridgehead atoms. The lowest BCUT2D eigenvalue weighted by Crippen LogP contribution is -2.50. The van der Waals surface area contributed by atoms with Gasteiger partial charge in [-0.05, 0) is 50.9 Å². The second-order valence-electron chi connectivity index (χ2n) is 7.66. The number of nitrogens with zero attached hydrogens (tertiary/aromatic N) is 1.